The summed E-state index contributed by atoms with van der Waals surface area (Å²) >= 11 is 0.970. The van der Waals surface area contributed by atoms with Gasteiger partial charge in [-0.05, 0) is 38.1 Å². The number of aromatic nitrogens is 1. The molecule has 1 aliphatic rings. The molecule has 1 aliphatic heterocycles. The number of β-lactam (4-membered cyclic amide) rings is 1. The number of carbonyl (C=O) groups excluding carboxylic acids is 2. The minimum atomic E-state index is -4.98. The fourth-order valence-electron chi connectivity index (χ4n) is 3.45. The van der Waals surface area contributed by atoms with Crippen LogP contribution in [0.5, 0.6) is 5.75 Å². The van der Waals surface area contributed by atoms with E-state index in [1.807, 2.05) is 0 Å². The van der Waals surface area contributed by atoms with Gasteiger partial charge in [-0.1, -0.05) is 5.16 Å². The SMILES string of the molecule is CC1(C)C(CC(=O)/C(=N\O[C@@H](COc2ccc(C(=N)N)cc2)C(=O)O)c2csc(N)n2)C(=O)N1OS(=O)(=O)O. The van der Waals surface area contributed by atoms with Gasteiger partial charge in [0.1, 0.15) is 23.9 Å². The van der Waals surface area contributed by atoms with Crippen LogP contribution >= 0.6 is 11.3 Å². The van der Waals surface area contributed by atoms with Crippen molar-refractivity contribution in [3.63, 3.8) is 0 Å². The Kier molecular flexibility index (Phi) is 8.54. The maximum atomic E-state index is 13.2. The molecule has 2 heterocycles. The van der Waals surface area contributed by atoms with Crippen LogP contribution < -0.4 is 16.2 Å². The first-order chi connectivity index (χ1) is 18.1. The quantitative estimate of drug-likeness (QED) is 0.0693. The summed E-state index contributed by atoms with van der Waals surface area (Å²) in [6, 6.07) is 5.94. The molecular weight excluding hydrogens is 560 g/mol. The summed E-state index contributed by atoms with van der Waals surface area (Å²) in [4.78, 5) is 46.4. The van der Waals surface area contributed by atoms with E-state index in [2.05, 4.69) is 14.4 Å². The Morgan fingerprint density at radius 1 is 1.31 bits per heavy atom. The lowest BCUT2D eigenvalue weighted by molar-refractivity contribution is -0.228. The molecule has 2 atom stereocenters. The largest absolute Gasteiger partial charge is 0.489 e. The Balaban J connectivity index is 1.76. The highest BCUT2D eigenvalue weighted by Crippen LogP contribution is 2.40. The Morgan fingerprint density at radius 3 is 2.44 bits per heavy atom. The minimum absolute atomic E-state index is 0.0389. The smallest absolute Gasteiger partial charge is 0.418 e. The van der Waals surface area contributed by atoms with E-state index in [1.54, 1.807) is 0 Å². The van der Waals surface area contributed by atoms with Crippen LogP contribution in [0.4, 0.5) is 5.13 Å². The molecule has 210 valence electrons. The molecule has 0 radical (unpaired) electrons. The van der Waals surface area contributed by atoms with Gasteiger partial charge in [-0.25, -0.2) is 9.78 Å². The zero-order chi connectivity index (χ0) is 29.1. The molecule has 0 bridgehead atoms. The van der Waals surface area contributed by atoms with Crippen molar-refractivity contribution >= 4 is 56.1 Å². The number of oxime groups is 1. The van der Waals surface area contributed by atoms with E-state index in [0.717, 1.165) is 11.3 Å². The van der Waals surface area contributed by atoms with E-state index in [-0.39, 0.29) is 22.4 Å². The number of rotatable bonds is 13. The second-order valence-electron chi connectivity index (χ2n) is 8.66. The standard InChI is InChI=1S/C21H24N6O10S2/c1-21(2)12(18(29)27(21)37-39(32,33)34)7-14(28)16(13-9-38-20(24)25-13)26-36-15(19(30)31)8-35-11-5-3-10(4-6-11)17(22)23/h3-6,9,12,15H,7-8H2,1-2H3,(H3,22,23)(H2,24,25)(H,30,31)(H,32,33,34)/b26-16-/t12?,15-/m0/s1. The van der Waals surface area contributed by atoms with Gasteiger partial charge in [0, 0.05) is 17.4 Å². The lowest BCUT2D eigenvalue weighted by Gasteiger charge is -2.50. The molecule has 39 heavy (non-hydrogen) atoms. The predicted octanol–water partition coefficient (Wildman–Crippen LogP) is 0.193. The normalized spacial score (nSPS) is 17.7. The zero-order valence-corrected chi connectivity index (χ0v) is 22.1. The van der Waals surface area contributed by atoms with Gasteiger partial charge in [0.2, 0.25) is 0 Å². The number of ketones is 1. The number of thiazole rings is 1. The van der Waals surface area contributed by atoms with E-state index in [9.17, 15) is 27.9 Å². The van der Waals surface area contributed by atoms with Crippen LogP contribution in [0.25, 0.3) is 0 Å². The fraction of sp³-hybridized carbons (Fsp3) is 0.333. The Morgan fingerprint density at radius 2 is 1.95 bits per heavy atom. The number of ether oxygens (including phenoxy) is 1. The molecule has 16 nitrogen and oxygen atoms in total. The number of amides is 1. The van der Waals surface area contributed by atoms with Crippen molar-refractivity contribution in [1.82, 2.24) is 10.0 Å². The van der Waals surface area contributed by atoms with Crippen LogP contribution in [0.3, 0.4) is 0 Å². The van der Waals surface area contributed by atoms with Crippen molar-refractivity contribution in [2.24, 2.45) is 16.8 Å². The Hall–Kier alpha value is -4.13. The maximum Gasteiger partial charge on any atom is 0.418 e. The number of hydrogen-bond donors (Lipinski definition) is 5. The Bertz CT molecular complexity index is 1420. The monoisotopic (exact) mass is 584 g/mol. The van der Waals surface area contributed by atoms with Crippen molar-refractivity contribution in [1.29, 1.82) is 5.41 Å². The van der Waals surface area contributed by atoms with Gasteiger partial charge in [-0.2, -0.15) is 13.5 Å². The first-order valence-electron chi connectivity index (χ1n) is 10.9. The molecule has 1 saturated heterocycles. The van der Waals surface area contributed by atoms with Crippen LogP contribution in [-0.2, 0) is 33.9 Å². The number of hydroxylamine groups is 2. The highest BCUT2D eigenvalue weighted by molar-refractivity contribution is 7.80. The zero-order valence-electron chi connectivity index (χ0n) is 20.4. The molecule has 1 amide bonds. The van der Waals surface area contributed by atoms with Crippen LogP contribution in [-0.4, -0.2) is 75.6 Å². The van der Waals surface area contributed by atoms with Gasteiger partial charge >= 0.3 is 16.4 Å². The third kappa shape index (κ3) is 7.05. The molecule has 0 aliphatic carbocycles. The molecule has 0 spiro atoms. The molecular formula is C21H24N6O10S2. The lowest BCUT2D eigenvalue weighted by atomic mass is 9.74. The summed E-state index contributed by atoms with van der Waals surface area (Å²) in [5, 5.41) is 22.5. The van der Waals surface area contributed by atoms with Crippen molar-refractivity contribution in [3.05, 3.63) is 40.9 Å². The van der Waals surface area contributed by atoms with Gasteiger partial charge < -0.3 is 26.1 Å². The van der Waals surface area contributed by atoms with Gasteiger partial charge in [0.25, 0.3) is 12.0 Å². The maximum absolute atomic E-state index is 13.2. The summed E-state index contributed by atoms with van der Waals surface area (Å²) in [5.74, 6) is -4.13. The first kappa shape index (κ1) is 29.4. The van der Waals surface area contributed by atoms with Crippen molar-refractivity contribution in [3.8, 4) is 5.75 Å². The molecule has 18 heteroatoms. The van der Waals surface area contributed by atoms with Gasteiger partial charge in [-0.15, -0.1) is 15.6 Å². The molecule has 7 N–H and O–H groups in total. The van der Waals surface area contributed by atoms with Crippen molar-refractivity contribution in [2.45, 2.75) is 31.9 Å². The molecule has 0 saturated carbocycles. The number of carboxylic acids is 1. The second kappa shape index (κ2) is 11.3. The summed E-state index contributed by atoms with van der Waals surface area (Å²) in [6.45, 7) is 2.30. The summed E-state index contributed by atoms with van der Waals surface area (Å²) < 4.78 is 40.6. The summed E-state index contributed by atoms with van der Waals surface area (Å²) in [6.07, 6.45) is -2.18. The first-order valence-corrected chi connectivity index (χ1v) is 13.1. The molecule has 2 aromatic rings. The number of nitrogen functional groups attached to an aromatic ring is 2. The van der Waals surface area contributed by atoms with Crippen molar-refractivity contribution in [2.75, 3.05) is 12.3 Å². The predicted molar refractivity (Wildman–Crippen MR) is 135 cm³/mol. The number of amidine groups is 1. The van der Waals surface area contributed by atoms with Crippen LogP contribution in [0.2, 0.25) is 0 Å². The van der Waals surface area contributed by atoms with Crippen LogP contribution in [0.15, 0.2) is 34.8 Å². The molecule has 1 aromatic heterocycles. The average Bonchev–Trinajstić information content (AvgIpc) is 3.28. The second-order valence-corrected chi connectivity index (χ2v) is 10.6. The minimum Gasteiger partial charge on any atom is -0.489 e. The summed E-state index contributed by atoms with van der Waals surface area (Å²) in [7, 11) is -4.98. The van der Waals surface area contributed by atoms with Crippen LogP contribution in [0, 0.1) is 11.3 Å². The number of nitrogens with zero attached hydrogens (tertiary/aromatic N) is 3. The number of benzene rings is 1. The number of anilines is 1. The third-order valence-electron chi connectivity index (χ3n) is 5.57. The number of nitrogens with one attached hydrogen (secondary N) is 1. The van der Waals surface area contributed by atoms with Gasteiger partial charge in [0.05, 0.1) is 11.5 Å². The van der Waals surface area contributed by atoms with Gasteiger partial charge in [0.15, 0.2) is 16.6 Å². The van der Waals surface area contributed by atoms with E-state index in [4.69, 9.17) is 31.0 Å². The summed E-state index contributed by atoms with van der Waals surface area (Å²) in [5.41, 5.74) is 9.69. The number of Topliss-reactive ketones (excluding diaryl/α,β-unsaturated/α-hetero) is 1. The van der Waals surface area contributed by atoms with E-state index in [1.165, 1.54) is 43.5 Å². The highest BCUT2D eigenvalue weighted by Gasteiger charge is 2.57. The van der Waals surface area contributed by atoms with E-state index >= 15 is 0 Å². The third-order valence-corrected chi connectivity index (χ3v) is 6.59. The average molecular weight is 585 g/mol. The lowest BCUT2D eigenvalue weighted by Crippen LogP contribution is -2.68. The van der Waals surface area contributed by atoms with E-state index < -0.39 is 64.4 Å². The number of hydrogen-bond acceptors (Lipinski definition) is 13. The fourth-order valence-corrected chi connectivity index (χ4v) is 4.45. The molecule has 1 unspecified atom stereocenters. The topological polar surface area (TPSA) is 258 Å². The number of aliphatic carboxylic acids is 1. The van der Waals surface area contributed by atoms with E-state index in [0.29, 0.717) is 10.6 Å². The van der Waals surface area contributed by atoms with Crippen molar-refractivity contribution < 1.29 is 46.3 Å². The highest BCUT2D eigenvalue weighted by atomic mass is 32.3. The van der Waals surface area contributed by atoms with Crippen LogP contribution in [0.1, 0.15) is 31.5 Å². The molecule has 1 aromatic carbocycles. The number of carboxylic acid groups (broad SMARTS) is 1. The molecule has 3 rings (SSSR count). The number of nitrogens with two attached hydrogens (primary N) is 2. The van der Waals surface area contributed by atoms with Gasteiger partial charge in [-0.3, -0.25) is 19.6 Å². The number of carbonyl (C=O) groups is 3. The molecule has 1 fully saturated rings. The Labute approximate surface area is 225 Å².